The smallest absolute Gasteiger partial charge is 0.243 e. The Balaban J connectivity index is 2.50. The van der Waals surface area contributed by atoms with Gasteiger partial charge >= 0.3 is 0 Å². The number of nitrogens with zero attached hydrogens (tertiary/aromatic N) is 1. The lowest BCUT2D eigenvalue weighted by Gasteiger charge is -2.30. The molecule has 6 heteroatoms. The van der Waals surface area contributed by atoms with Crippen LogP contribution in [0.15, 0.2) is 11.0 Å². The van der Waals surface area contributed by atoms with Crippen LogP contribution in [0.3, 0.4) is 0 Å². The number of nitrogens with two attached hydrogens (primary N) is 1. The molecule has 20 heavy (non-hydrogen) atoms. The molecular formula is C14H22N2O3S. The second-order valence-corrected chi connectivity index (χ2v) is 7.37. The molecule has 0 amide bonds. The number of anilines is 1. The van der Waals surface area contributed by atoms with Crippen LogP contribution in [-0.4, -0.2) is 37.0 Å². The van der Waals surface area contributed by atoms with Gasteiger partial charge in [-0.3, -0.25) is 0 Å². The van der Waals surface area contributed by atoms with Crippen LogP contribution in [0.1, 0.15) is 29.5 Å². The molecule has 0 atom stereocenters. The summed E-state index contributed by atoms with van der Waals surface area (Å²) in [5.74, 6) is 0. The van der Waals surface area contributed by atoms with Crippen molar-refractivity contribution in [2.45, 2.75) is 44.6 Å². The summed E-state index contributed by atoms with van der Waals surface area (Å²) >= 11 is 0. The Labute approximate surface area is 120 Å². The molecule has 0 radical (unpaired) electrons. The van der Waals surface area contributed by atoms with Gasteiger partial charge in [-0.2, -0.15) is 4.31 Å². The first-order valence-electron chi connectivity index (χ1n) is 6.79. The van der Waals surface area contributed by atoms with Crippen molar-refractivity contribution in [1.82, 2.24) is 4.31 Å². The Bertz CT molecular complexity index is 592. The molecule has 5 nitrogen and oxygen atoms in total. The minimum atomic E-state index is -3.55. The minimum absolute atomic E-state index is 0.325. The van der Waals surface area contributed by atoms with Gasteiger partial charge in [0.1, 0.15) is 0 Å². The number of aryl methyl sites for hydroxylation is 1. The van der Waals surface area contributed by atoms with Crippen LogP contribution in [0.25, 0.3) is 0 Å². The number of rotatable bonds is 2. The molecule has 1 aliphatic heterocycles. The quantitative estimate of drug-likeness (QED) is 0.807. The first-order chi connectivity index (χ1) is 9.25. The van der Waals surface area contributed by atoms with E-state index in [0.717, 1.165) is 11.1 Å². The van der Waals surface area contributed by atoms with E-state index in [1.807, 2.05) is 19.9 Å². The zero-order valence-electron chi connectivity index (χ0n) is 12.2. The Morgan fingerprint density at radius 3 is 2.30 bits per heavy atom. The highest BCUT2D eigenvalue weighted by molar-refractivity contribution is 7.89. The third-order valence-corrected chi connectivity index (χ3v) is 6.27. The molecule has 0 saturated carbocycles. The molecule has 1 heterocycles. The highest BCUT2D eigenvalue weighted by Crippen LogP contribution is 2.31. The number of hydrogen-bond donors (Lipinski definition) is 2. The normalized spacial score (nSPS) is 18.4. The number of sulfonamides is 1. The molecule has 2 rings (SSSR count). The third-order valence-electron chi connectivity index (χ3n) is 4.10. The van der Waals surface area contributed by atoms with E-state index in [-0.39, 0.29) is 0 Å². The van der Waals surface area contributed by atoms with Crippen molar-refractivity contribution >= 4 is 15.7 Å². The van der Waals surface area contributed by atoms with E-state index in [1.54, 1.807) is 6.92 Å². The molecule has 112 valence electrons. The first kappa shape index (κ1) is 15.3. The highest BCUT2D eigenvalue weighted by atomic mass is 32.2. The van der Waals surface area contributed by atoms with Crippen LogP contribution in [0, 0.1) is 20.8 Å². The molecule has 1 aromatic rings. The van der Waals surface area contributed by atoms with Crippen molar-refractivity contribution in [3.05, 3.63) is 22.8 Å². The maximum Gasteiger partial charge on any atom is 0.243 e. The zero-order chi connectivity index (χ0) is 15.1. The zero-order valence-corrected chi connectivity index (χ0v) is 13.0. The summed E-state index contributed by atoms with van der Waals surface area (Å²) in [6.07, 6.45) is 0.572. The topological polar surface area (TPSA) is 83.6 Å². The van der Waals surface area contributed by atoms with Crippen LogP contribution in [-0.2, 0) is 10.0 Å². The molecule has 0 aliphatic carbocycles. The molecule has 0 unspecified atom stereocenters. The number of aliphatic hydroxyl groups excluding tert-OH is 1. The number of nitrogen functional groups attached to an aromatic ring is 1. The Hall–Kier alpha value is -1.11. The Kier molecular flexibility index (Phi) is 4.09. The van der Waals surface area contributed by atoms with E-state index in [9.17, 15) is 13.5 Å². The van der Waals surface area contributed by atoms with Gasteiger partial charge in [-0.15, -0.1) is 0 Å². The van der Waals surface area contributed by atoms with E-state index in [4.69, 9.17) is 5.73 Å². The fourth-order valence-corrected chi connectivity index (χ4v) is 4.64. The summed E-state index contributed by atoms with van der Waals surface area (Å²) in [6, 6.07) is 1.81. The average molecular weight is 298 g/mol. The van der Waals surface area contributed by atoms with Gasteiger partial charge in [-0.25, -0.2) is 8.42 Å². The van der Waals surface area contributed by atoms with Crippen LogP contribution in [0.5, 0.6) is 0 Å². The van der Waals surface area contributed by atoms with Crippen LogP contribution in [0.2, 0.25) is 0 Å². The van der Waals surface area contributed by atoms with Gasteiger partial charge in [-0.1, -0.05) is 0 Å². The lowest BCUT2D eigenvalue weighted by molar-refractivity contribution is 0.113. The van der Waals surface area contributed by atoms with Gasteiger partial charge in [0.05, 0.1) is 11.0 Å². The second kappa shape index (κ2) is 5.35. The van der Waals surface area contributed by atoms with E-state index in [1.165, 1.54) is 4.31 Å². The summed E-state index contributed by atoms with van der Waals surface area (Å²) < 4.78 is 27.1. The van der Waals surface area contributed by atoms with Gasteiger partial charge in [0, 0.05) is 18.8 Å². The summed E-state index contributed by atoms with van der Waals surface area (Å²) in [4.78, 5) is 0.325. The Morgan fingerprint density at radius 2 is 1.75 bits per heavy atom. The second-order valence-electron chi connectivity index (χ2n) is 5.50. The van der Waals surface area contributed by atoms with Gasteiger partial charge in [0.25, 0.3) is 0 Å². The fraction of sp³-hybridized carbons (Fsp3) is 0.571. The third kappa shape index (κ3) is 2.55. The molecular weight excluding hydrogens is 276 g/mol. The largest absolute Gasteiger partial charge is 0.398 e. The van der Waals surface area contributed by atoms with E-state index in [2.05, 4.69) is 0 Å². The molecule has 0 aromatic heterocycles. The molecule has 0 bridgehead atoms. The summed E-state index contributed by atoms with van der Waals surface area (Å²) in [5, 5.41) is 9.52. The molecule has 1 saturated heterocycles. The molecule has 1 aliphatic rings. The van der Waals surface area contributed by atoms with Gasteiger partial charge in [-0.05, 0) is 56.4 Å². The predicted octanol–water partition coefficient (Wildman–Crippen LogP) is 1.34. The standard InChI is InChI=1S/C14H22N2O3S/c1-9-8-13(15)11(3)14(10(9)2)20(18,19)16-6-4-12(17)5-7-16/h8,12,17H,4-7,15H2,1-3H3. The summed E-state index contributed by atoms with van der Waals surface area (Å²) in [7, 11) is -3.55. The van der Waals surface area contributed by atoms with Crippen molar-refractivity contribution in [3.8, 4) is 0 Å². The number of aliphatic hydroxyl groups is 1. The molecule has 1 aromatic carbocycles. The van der Waals surface area contributed by atoms with Crippen LogP contribution < -0.4 is 5.73 Å². The van der Waals surface area contributed by atoms with Crippen molar-refractivity contribution in [2.75, 3.05) is 18.8 Å². The number of benzene rings is 1. The number of piperidine rings is 1. The minimum Gasteiger partial charge on any atom is -0.398 e. The van der Waals surface area contributed by atoms with Crippen molar-refractivity contribution in [2.24, 2.45) is 0 Å². The fourth-order valence-electron chi connectivity index (χ4n) is 2.64. The summed E-state index contributed by atoms with van der Waals surface area (Å²) in [6.45, 7) is 6.14. The first-order valence-corrected chi connectivity index (χ1v) is 8.23. The van der Waals surface area contributed by atoms with Crippen molar-refractivity contribution in [3.63, 3.8) is 0 Å². The average Bonchev–Trinajstić information content (AvgIpc) is 2.37. The lowest BCUT2D eigenvalue weighted by atomic mass is 10.1. The SMILES string of the molecule is Cc1cc(N)c(C)c(S(=O)(=O)N2CCC(O)CC2)c1C. The maximum atomic E-state index is 12.8. The maximum absolute atomic E-state index is 12.8. The monoisotopic (exact) mass is 298 g/mol. The summed E-state index contributed by atoms with van der Waals surface area (Å²) in [5.41, 5.74) is 8.66. The van der Waals surface area contributed by atoms with Crippen molar-refractivity contribution < 1.29 is 13.5 Å². The number of hydrogen-bond acceptors (Lipinski definition) is 4. The molecule has 0 spiro atoms. The van der Waals surface area contributed by atoms with Crippen LogP contribution in [0.4, 0.5) is 5.69 Å². The van der Waals surface area contributed by atoms with Crippen LogP contribution >= 0.6 is 0 Å². The van der Waals surface area contributed by atoms with Gasteiger partial charge in [0.15, 0.2) is 0 Å². The Morgan fingerprint density at radius 1 is 1.20 bits per heavy atom. The lowest BCUT2D eigenvalue weighted by Crippen LogP contribution is -2.40. The van der Waals surface area contributed by atoms with Gasteiger partial charge < -0.3 is 10.8 Å². The van der Waals surface area contributed by atoms with Crippen molar-refractivity contribution in [1.29, 1.82) is 0 Å². The van der Waals surface area contributed by atoms with Gasteiger partial charge in [0.2, 0.25) is 10.0 Å². The molecule has 1 fully saturated rings. The predicted molar refractivity (Wildman–Crippen MR) is 79.1 cm³/mol. The molecule has 3 N–H and O–H groups in total. The van der Waals surface area contributed by atoms with E-state index in [0.29, 0.717) is 42.1 Å². The van der Waals surface area contributed by atoms with E-state index < -0.39 is 16.1 Å². The van der Waals surface area contributed by atoms with E-state index >= 15 is 0 Å². The highest BCUT2D eigenvalue weighted by Gasteiger charge is 2.31.